The number of rotatable bonds is 8. The van der Waals surface area contributed by atoms with Gasteiger partial charge in [0.05, 0.1) is 11.6 Å². The Labute approximate surface area is 189 Å². The first-order valence-electron chi connectivity index (χ1n) is 9.81. The van der Waals surface area contributed by atoms with Crippen LogP contribution in [-0.4, -0.2) is 27.6 Å². The number of halogens is 1. The summed E-state index contributed by atoms with van der Waals surface area (Å²) in [6.07, 6.45) is 1.46. The van der Waals surface area contributed by atoms with Crippen LogP contribution in [0, 0.1) is 17.1 Å². The lowest BCUT2D eigenvalue weighted by Crippen LogP contribution is -2.37. The highest BCUT2D eigenvalue weighted by atomic mass is 19.1. The van der Waals surface area contributed by atoms with Gasteiger partial charge in [-0.05, 0) is 50.2 Å². The van der Waals surface area contributed by atoms with Gasteiger partial charge in [-0.3, -0.25) is 4.79 Å². The van der Waals surface area contributed by atoms with Crippen LogP contribution in [0.2, 0.25) is 0 Å². The number of hydrogen-bond acceptors (Lipinski definition) is 6. The highest BCUT2D eigenvalue weighted by molar-refractivity contribution is 5.96. The summed E-state index contributed by atoms with van der Waals surface area (Å²) in [5.41, 5.74) is -0.824. The molecule has 2 N–H and O–H groups in total. The Bertz CT molecular complexity index is 1240. The van der Waals surface area contributed by atoms with Crippen LogP contribution in [0.25, 0.3) is 0 Å². The molecular formula is C24H20FN3O5. The van der Waals surface area contributed by atoms with Crippen LogP contribution in [0.5, 0.6) is 17.4 Å². The molecule has 1 aromatic heterocycles. The molecule has 1 heterocycles. The Morgan fingerprint density at radius 1 is 1.15 bits per heavy atom. The normalized spacial score (nSPS) is 10.7. The van der Waals surface area contributed by atoms with Gasteiger partial charge in [0.25, 0.3) is 5.91 Å². The van der Waals surface area contributed by atoms with Crippen molar-refractivity contribution in [2.75, 3.05) is 0 Å². The number of nitrogens with one attached hydrogen (secondary N) is 1. The van der Waals surface area contributed by atoms with E-state index in [4.69, 9.17) is 19.8 Å². The maximum Gasteiger partial charge on any atom is 0.347 e. The van der Waals surface area contributed by atoms with E-state index in [0.717, 1.165) is 6.07 Å². The van der Waals surface area contributed by atoms with E-state index >= 15 is 0 Å². The van der Waals surface area contributed by atoms with Gasteiger partial charge in [0.1, 0.15) is 22.9 Å². The minimum Gasteiger partial charge on any atom is -0.478 e. The fourth-order valence-electron chi connectivity index (χ4n) is 2.73. The third kappa shape index (κ3) is 5.83. The van der Waals surface area contributed by atoms with Gasteiger partial charge in [-0.15, -0.1) is 0 Å². The average molecular weight is 449 g/mol. The molecule has 0 fully saturated rings. The molecule has 0 unspecified atom stereocenters. The Morgan fingerprint density at radius 2 is 1.94 bits per heavy atom. The summed E-state index contributed by atoms with van der Waals surface area (Å²) in [7, 11) is 0. The van der Waals surface area contributed by atoms with Crippen LogP contribution in [-0.2, 0) is 11.3 Å². The van der Waals surface area contributed by atoms with E-state index in [1.807, 2.05) is 6.07 Å². The van der Waals surface area contributed by atoms with Crippen molar-refractivity contribution in [2.24, 2.45) is 0 Å². The molecule has 33 heavy (non-hydrogen) atoms. The number of carbonyl (C=O) groups excluding carboxylic acids is 1. The van der Waals surface area contributed by atoms with Crippen LogP contribution in [0.15, 0.2) is 60.8 Å². The number of amides is 1. The number of carbonyl (C=O) groups is 2. The zero-order valence-corrected chi connectivity index (χ0v) is 17.8. The van der Waals surface area contributed by atoms with Crippen LogP contribution >= 0.6 is 0 Å². The minimum atomic E-state index is -1.52. The molecule has 3 aromatic rings. The number of pyridine rings is 1. The molecule has 168 valence electrons. The Balaban J connectivity index is 1.70. The van der Waals surface area contributed by atoms with Crippen molar-refractivity contribution < 1.29 is 28.6 Å². The molecule has 3 rings (SSSR count). The third-order valence-electron chi connectivity index (χ3n) is 4.55. The van der Waals surface area contributed by atoms with Crippen LogP contribution in [0.1, 0.15) is 35.3 Å². The first kappa shape index (κ1) is 23.2. The molecule has 0 aliphatic rings. The molecule has 0 bridgehead atoms. The van der Waals surface area contributed by atoms with Gasteiger partial charge < -0.3 is 19.9 Å². The Hall–Kier alpha value is -4.45. The lowest BCUT2D eigenvalue weighted by molar-refractivity contribution is -0.152. The highest BCUT2D eigenvalue weighted by Gasteiger charge is 2.29. The van der Waals surface area contributed by atoms with E-state index in [0.29, 0.717) is 11.3 Å². The smallest absolute Gasteiger partial charge is 0.347 e. The van der Waals surface area contributed by atoms with Crippen molar-refractivity contribution in [1.82, 2.24) is 10.3 Å². The van der Waals surface area contributed by atoms with Crippen molar-refractivity contribution >= 4 is 11.9 Å². The first-order chi connectivity index (χ1) is 15.7. The van der Waals surface area contributed by atoms with Gasteiger partial charge in [-0.25, -0.2) is 14.2 Å². The van der Waals surface area contributed by atoms with E-state index in [1.165, 1.54) is 44.3 Å². The SMILES string of the molecule is CC(C)(Oc1ccc(CNC(=O)c2cccnc2Oc2cccc(C#N)c2)c(F)c1)C(=O)O. The number of aliphatic carboxylic acids is 1. The number of benzene rings is 2. The van der Waals surface area contributed by atoms with Gasteiger partial charge in [-0.2, -0.15) is 5.26 Å². The number of aromatic nitrogens is 1. The van der Waals surface area contributed by atoms with E-state index in [9.17, 15) is 14.0 Å². The van der Waals surface area contributed by atoms with Crippen molar-refractivity contribution in [3.63, 3.8) is 0 Å². The third-order valence-corrected chi connectivity index (χ3v) is 4.55. The van der Waals surface area contributed by atoms with Crippen LogP contribution in [0.4, 0.5) is 4.39 Å². The second kappa shape index (κ2) is 9.78. The summed E-state index contributed by atoms with van der Waals surface area (Å²) in [4.78, 5) is 27.9. The summed E-state index contributed by atoms with van der Waals surface area (Å²) in [6, 6.07) is 15.4. The number of nitrogens with zero attached hydrogens (tertiary/aromatic N) is 2. The van der Waals surface area contributed by atoms with Gasteiger partial charge in [-0.1, -0.05) is 12.1 Å². The summed E-state index contributed by atoms with van der Waals surface area (Å²) in [5, 5.41) is 20.7. The zero-order chi connectivity index (χ0) is 24.0. The molecule has 1 amide bonds. The lowest BCUT2D eigenvalue weighted by Gasteiger charge is -2.21. The number of carboxylic acid groups (broad SMARTS) is 1. The molecule has 0 spiro atoms. The zero-order valence-electron chi connectivity index (χ0n) is 17.8. The second-order valence-corrected chi connectivity index (χ2v) is 7.45. The quantitative estimate of drug-likeness (QED) is 0.532. The molecule has 9 heteroatoms. The summed E-state index contributed by atoms with van der Waals surface area (Å²) < 4.78 is 25.5. The van der Waals surface area contributed by atoms with Gasteiger partial charge in [0, 0.05) is 24.4 Å². The molecule has 0 aliphatic carbocycles. The van der Waals surface area contributed by atoms with E-state index < -0.39 is 23.3 Å². The van der Waals surface area contributed by atoms with Crippen molar-refractivity contribution in [2.45, 2.75) is 26.0 Å². The summed E-state index contributed by atoms with van der Waals surface area (Å²) >= 11 is 0. The van der Waals surface area contributed by atoms with Crippen molar-refractivity contribution in [3.8, 4) is 23.4 Å². The molecular weight excluding hydrogens is 429 g/mol. The van der Waals surface area contributed by atoms with E-state index in [2.05, 4.69) is 10.3 Å². The topological polar surface area (TPSA) is 122 Å². The molecule has 2 aromatic carbocycles. The number of nitriles is 1. The fourth-order valence-corrected chi connectivity index (χ4v) is 2.73. The van der Waals surface area contributed by atoms with Crippen molar-refractivity contribution in [3.05, 3.63) is 83.3 Å². The lowest BCUT2D eigenvalue weighted by atomic mass is 10.1. The van der Waals surface area contributed by atoms with Crippen LogP contribution < -0.4 is 14.8 Å². The largest absolute Gasteiger partial charge is 0.478 e. The molecule has 0 saturated carbocycles. The van der Waals surface area contributed by atoms with Gasteiger partial charge in [0.2, 0.25) is 5.88 Å². The molecule has 0 radical (unpaired) electrons. The maximum absolute atomic E-state index is 14.5. The second-order valence-electron chi connectivity index (χ2n) is 7.45. The summed E-state index contributed by atoms with van der Waals surface area (Å²) in [6.45, 7) is 2.57. The molecule has 0 saturated heterocycles. The number of carboxylic acids is 1. The maximum atomic E-state index is 14.5. The minimum absolute atomic E-state index is 0.0326. The van der Waals surface area contributed by atoms with Gasteiger partial charge >= 0.3 is 5.97 Å². The van der Waals surface area contributed by atoms with Crippen LogP contribution in [0.3, 0.4) is 0 Å². The standard InChI is InChI=1S/C24H20FN3O5/c1-24(2,23(30)31)33-18-9-8-16(20(25)12-18)14-28-21(29)19-7-4-10-27-22(19)32-17-6-3-5-15(11-17)13-26/h3-12H,14H2,1-2H3,(H,28,29)(H,30,31). The van der Waals surface area contributed by atoms with Crippen molar-refractivity contribution in [1.29, 1.82) is 5.26 Å². The predicted octanol–water partition coefficient (Wildman–Crippen LogP) is 4.06. The predicted molar refractivity (Wildman–Crippen MR) is 115 cm³/mol. The average Bonchev–Trinajstić information content (AvgIpc) is 2.78. The number of ether oxygens (including phenoxy) is 2. The fraction of sp³-hybridized carbons (Fsp3) is 0.167. The Kier molecular flexibility index (Phi) is 6.88. The van der Waals surface area contributed by atoms with E-state index in [-0.39, 0.29) is 29.3 Å². The monoisotopic (exact) mass is 449 g/mol. The van der Waals surface area contributed by atoms with Gasteiger partial charge in [0.15, 0.2) is 5.60 Å². The van der Waals surface area contributed by atoms with E-state index in [1.54, 1.807) is 24.3 Å². The Morgan fingerprint density at radius 3 is 2.64 bits per heavy atom. The summed E-state index contributed by atoms with van der Waals surface area (Å²) in [5.74, 6) is -1.96. The highest BCUT2D eigenvalue weighted by Crippen LogP contribution is 2.25. The molecule has 8 nitrogen and oxygen atoms in total. The molecule has 0 atom stereocenters. The molecule has 0 aliphatic heterocycles. The first-order valence-corrected chi connectivity index (χ1v) is 9.81. The number of hydrogen-bond donors (Lipinski definition) is 2.